The van der Waals surface area contributed by atoms with Crippen LogP contribution in [-0.4, -0.2) is 34.6 Å². The third kappa shape index (κ3) is 4.50. The van der Waals surface area contributed by atoms with Crippen LogP contribution < -0.4 is 10.6 Å². The van der Waals surface area contributed by atoms with Gasteiger partial charge in [-0.15, -0.1) is 0 Å². The number of pyridine rings is 1. The van der Waals surface area contributed by atoms with E-state index in [-0.39, 0.29) is 18.5 Å². The largest absolute Gasteiger partial charge is 0.480 e. The van der Waals surface area contributed by atoms with E-state index in [1.807, 2.05) is 19.1 Å². The maximum Gasteiger partial charge on any atom is 0.327 e. The van der Waals surface area contributed by atoms with Crippen molar-refractivity contribution in [2.45, 2.75) is 25.9 Å². The molecule has 0 bridgehead atoms. The van der Waals surface area contributed by atoms with Gasteiger partial charge in [0.1, 0.15) is 6.04 Å². The maximum atomic E-state index is 10.9. The molecule has 0 saturated carbocycles. The molecular formula is C12H17N3O3. The van der Waals surface area contributed by atoms with Crippen LogP contribution in [0.5, 0.6) is 0 Å². The molecule has 3 N–H and O–H groups in total. The van der Waals surface area contributed by atoms with E-state index in [9.17, 15) is 9.59 Å². The van der Waals surface area contributed by atoms with E-state index in [2.05, 4.69) is 15.6 Å². The molecule has 1 unspecified atom stereocenters. The topological polar surface area (TPSA) is 91.3 Å². The normalized spacial score (nSPS) is 13.7. The maximum absolute atomic E-state index is 10.9. The van der Waals surface area contributed by atoms with Crippen LogP contribution in [0.25, 0.3) is 0 Å². The number of hydrogen-bond acceptors (Lipinski definition) is 4. The van der Waals surface area contributed by atoms with E-state index >= 15 is 0 Å². The predicted molar refractivity (Wildman–Crippen MR) is 65.9 cm³/mol. The van der Waals surface area contributed by atoms with Crippen molar-refractivity contribution in [3.63, 3.8) is 0 Å². The molecule has 6 nitrogen and oxygen atoms in total. The van der Waals surface area contributed by atoms with Crippen LogP contribution in [0.3, 0.4) is 0 Å². The molecule has 0 aliphatic carbocycles. The summed E-state index contributed by atoms with van der Waals surface area (Å²) in [6.07, 6.45) is 3.39. The zero-order chi connectivity index (χ0) is 13.5. The summed E-state index contributed by atoms with van der Waals surface area (Å²) in [4.78, 5) is 25.8. The van der Waals surface area contributed by atoms with Gasteiger partial charge in [-0.2, -0.15) is 0 Å². The Kier molecular flexibility index (Phi) is 5.26. The number of aliphatic carboxylic acids is 1. The average Bonchev–Trinajstić information content (AvgIpc) is 2.34. The van der Waals surface area contributed by atoms with Crippen LogP contribution in [0.1, 0.15) is 25.5 Å². The average molecular weight is 251 g/mol. The van der Waals surface area contributed by atoms with Crippen LogP contribution in [0.15, 0.2) is 24.5 Å². The Balaban J connectivity index is 2.52. The van der Waals surface area contributed by atoms with E-state index in [1.54, 1.807) is 12.4 Å². The fraction of sp³-hybridized carbons (Fsp3) is 0.417. The van der Waals surface area contributed by atoms with Crippen molar-refractivity contribution >= 4 is 11.9 Å². The minimum absolute atomic E-state index is 0.0330. The van der Waals surface area contributed by atoms with Gasteiger partial charge in [0.25, 0.3) is 0 Å². The van der Waals surface area contributed by atoms with Crippen molar-refractivity contribution in [1.82, 2.24) is 15.6 Å². The lowest BCUT2D eigenvalue weighted by Crippen LogP contribution is -2.46. The van der Waals surface area contributed by atoms with Gasteiger partial charge in [-0.05, 0) is 18.6 Å². The number of nitrogens with one attached hydrogen (secondary N) is 2. The molecule has 0 aromatic carbocycles. The zero-order valence-corrected chi connectivity index (χ0v) is 10.4. The third-order valence-electron chi connectivity index (χ3n) is 2.49. The van der Waals surface area contributed by atoms with Crippen LogP contribution >= 0.6 is 0 Å². The second-order valence-electron chi connectivity index (χ2n) is 4.01. The third-order valence-corrected chi connectivity index (χ3v) is 2.49. The zero-order valence-electron chi connectivity index (χ0n) is 10.4. The molecule has 1 aromatic heterocycles. The van der Waals surface area contributed by atoms with Gasteiger partial charge < -0.3 is 15.7 Å². The highest BCUT2D eigenvalue weighted by atomic mass is 16.4. The van der Waals surface area contributed by atoms with Crippen molar-refractivity contribution < 1.29 is 14.7 Å². The lowest BCUT2D eigenvalue weighted by Gasteiger charge is -2.18. The standard InChI is InChI=1S/C12H17N3O3/c1-8(10-4-3-5-13-6-10)14-7-11(12(17)18)15-9(2)16/h3-6,8,11,14H,7H2,1-2H3,(H,15,16)(H,17,18)/t8-,11?/m0/s1. The monoisotopic (exact) mass is 251 g/mol. The summed E-state index contributed by atoms with van der Waals surface area (Å²) in [6.45, 7) is 3.36. The van der Waals surface area contributed by atoms with Crippen LogP contribution in [0, 0.1) is 0 Å². The Morgan fingerprint density at radius 1 is 1.50 bits per heavy atom. The molecule has 0 radical (unpaired) electrons. The summed E-state index contributed by atoms with van der Waals surface area (Å²) < 4.78 is 0. The first-order valence-electron chi connectivity index (χ1n) is 5.64. The number of nitrogens with zero attached hydrogens (tertiary/aromatic N) is 1. The Hall–Kier alpha value is -1.95. The first kappa shape index (κ1) is 14.1. The van der Waals surface area contributed by atoms with Gasteiger partial charge >= 0.3 is 5.97 Å². The highest BCUT2D eigenvalue weighted by molar-refractivity contribution is 5.82. The van der Waals surface area contributed by atoms with Gasteiger partial charge in [-0.1, -0.05) is 6.07 Å². The fourth-order valence-electron chi connectivity index (χ4n) is 1.49. The Morgan fingerprint density at radius 2 is 2.22 bits per heavy atom. The van der Waals surface area contributed by atoms with Crippen molar-refractivity contribution in [2.24, 2.45) is 0 Å². The van der Waals surface area contributed by atoms with E-state index in [0.29, 0.717) is 0 Å². The van der Waals surface area contributed by atoms with Gasteiger partial charge in [-0.25, -0.2) is 4.79 Å². The molecule has 2 atom stereocenters. The highest BCUT2D eigenvalue weighted by Gasteiger charge is 2.19. The Morgan fingerprint density at radius 3 is 2.72 bits per heavy atom. The molecule has 1 amide bonds. The molecule has 1 aromatic rings. The molecule has 0 saturated heterocycles. The minimum Gasteiger partial charge on any atom is -0.480 e. The molecule has 18 heavy (non-hydrogen) atoms. The second-order valence-corrected chi connectivity index (χ2v) is 4.01. The van der Waals surface area contributed by atoms with Gasteiger partial charge in [0, 0.05) is 31.9 Å². The molecule has 0 fully saturated rings. The number of carboxylic acid groups (broad SMARTS) is 1. The number of carbonyl (C=O) groups excluding carboxylic acids is 1. The molecule has 1 heterocycles. The summed E-state index contributed by atoms with van der Waals surface area (Å²) >= 11 is 0. The lowest BCUT2D eigenvalue weighted by atomic mass is 10.1. The Labute approximate surface area is 105 Å². The van der Waals surface area contributed by atoms with Crippen molar-refractivity contribution in [1.29, 1.82) is 0 Å². The van der Waals surface area contributed by atoms with Gasteiger partial charge in [-0.3, -0.25) is 9.78 Å². The number of carboxylic acids is 1. The molecule has 0 aliphatic rings. The summed E-state index contributed by atoms with van der Waals surface area (Å²) in [5.41, 5.74) is 0.962. The fourth-order valence-corrected chi connectivity index (χ4v) is 1.49. The Bertz CT molecular complexity index is 408. The van der Waals surface area contributed by atoms with E-state index < -0.39 is 12.0 Å². The number of amides is 1. The highest BCUT2D eigenvalue weighted by Crippen LogP contribution is 2.09. The summed E-state index contributed by atoms with van der Waals surface area (Å²) in [5.74, 6) is -1.42. The van der Waals surface area contributed by atoms with Crippen molar-refractivity contribution in [3.8, 4) is 0 Å². The quantitative estimate of drug-likeness (QED) is 0.677. The van der Waals surface area contributed by atoms with Gasteiger partial charge in [0.15, 0.2) is 0 Å². The molecule has 98 valence electrons. The van der Waals surface area contributed by atoms with Crippen LogP contribution in [0.2, 0.25) is 0 Å². The van der Waals surface area contributed by atoms with E-state index in [0.717, 1.165) is 5.56 Å². The number of hydrogen-bond donors (Lipinski definition) is 3. The number of rotatable bonds is 6. The van der Waals surface area contributed by atoms with E-state index in [1.165, 1.54) is 6.92 Å². The first-order valence-corrected chi connectivity index (χ1v) is 5.64. The molecule has 0 spiro atoms. The van der Waals surface area contributed by atoms with Gasteiger partial charge in [0.05, 0.1) is 0 Å². The van der Waals surface area contributed by atoms with Crippen LogP contribution in [0.4, 0.5) is 0 Å². The molecular weight excluding hydrogens is 234 g/mol. The minimum atomic E-state index is -1.06. The summed E-state index contributed by atoms with van der Waals surface area (Å²) in [6, 6.07) is 2.76. The smallest absolute Gasteiger partial charge is 0.327 e. The summed E-state index contributed by atoms with van der Waals surface area (Å²) in [5, 5.41) is 14.4. The predicted octanol–water partition coefficient (Wildman–Crippen LogP) is 0.321. The summed E-state index contributed by atoms with van der Waals surface area (Å²) in [7, 11) is 0. The second kappa shape index (κ2) is 6.70. The van der Waals surface area contributed by atoms with Crippen molar-refractivity contribution in [2.75, 3.05) is 6.54 Å². The van der Waals surface area contributed by atoms with Crippen molar-refractivity contribution in [3.05, 3.63) is 30.1 Å². The SMILES string of the molecule is CC(=O)NC(CN[C@@H](C)c1cccnc1)C(=O)O. The first-order chi connectivity index (χ1) is 8.50. The number of aromatic nitrogens is 1. The number of carbonyl (C=O) groups is 2. The molecule has 1 rings (SSSR count). The van der Waals surface area contributed by atoms with Gasteiger partial charge in [0.2, 0.25) is 5.91 Å². The molecule has 0 aliphatic heterocycles. The lowest BCUT2D eigenvalue weighted by molar-refractivity contribution is -0.141. The molecule has 6 heteroatoms. The van der Waals surface area contributed by atoms with E-state index in [4.69, 9.17) is 5.11 Å². The van der Waals surface area contributed by atoms with Crippen LogP contribution in [-0.2, 0) is 9.59 Å².